The molecule has 0 fully saturated rings. The smallest absolute Gasteiger partial charge is 0.402 e. The van der Waals surface area contributed by atoms with Crippen molar-refractivity contribution in [1.82, 2.24) is 4.31 Å². The van der Waals surface area contributed by atoms with Gasteiger partial charge in [0.1, 0.15) is 18.7 Å². The number of rotatable bonds is 7. The van der Waals surface area contributed by atoms with E-state index in [0.29, 0.717) is 12.1 Å². The lowest BCUT2D eigenvalue weighted by Crippen LogP contribution is -2.44. The van der Waals surface area contributed by atoms with Crippen molar-refractivity contribution in [2.45, 2.75) is 17.2 Å². The second-order valence-corrected chi connectivity index (χ2v) is 6.95. The highest BCUT2D eigenvalue weighted by Crippen LogP contribution is 2.36. The zero-order valence-corrected chi connectivity index (χ0v) is 14.5. The topological polar surface area (TPSA) is 93.1 Å². The van der Waals surface area contributed by atoms with Crippen LogP contribution >= 0.6 is 0 Å². The number of carboxylic acid groups (broad SMARTS) is 1. The number of hydrogen-bond donors (Lipinski definition) is 1. The molecule has 0 saturated heterocycles. The zero-order valence-electron chi connectivity index (χ0n) is 13.7. The molecule has 0 unspecified atom stereocenters. The van der Waals surface area contributed by atoms with Crippen molar-refractivity contribution in [1.29, 1.82) is 0 Å². The van der Waals surface area contributed by atoms with E-state index >= 15 is 0 Å². The Balaban J connectivity index is 3.62. The summed E-state index contributed by atoms with van der Waals surface area (Å²) in [5.74, 6) is -2.70. The summed E-state index contributed by atoms with van der Waals surface area (Å²) in [7, 11) is -3.40. The number of sulfonamides is 1. The summed E-state index contributed by atoms with van der Waals surface area (Å²) < 4.78 is 109. The van der Waals surface area contributed by atoms with Crippen LogP contribution in [0.4, 0.5) is 26.3 Å². The molecule has 7 nitrogen and oxygen atoms in total. The van der Waals surface area contributed by atoms with Crippen LogP contribution in [-0.4, -0.2) is 63.5 Å². The van der Waals surface area contributed by atoms with Gasteiger partial charge in [0, 0.05) is 6.07 Å². The maximum absolute atomic E-state index is 12.6. The molecular formula is C13H13F6NO6S. The molecule has 1 rings (SSSR count). The Kier molecular flexibility index (Phi) is 6.59. The third-order valence-electron chi connectivity index (χ3n) is 3.03. The molecule has 0 aromatic heterocycles. The van der Waals surface area contributed by atoms with E-state index < -0.39 is 67.7 Å². The number of ether oxygens (including phenoxy) is 2. The van der Waals surface area contributed by atoms with Crippen LogP contribution in [0.25, 0.3) is 0 Å². The minimum absolute atomic E-state index is 0.388. The molecule has 1 N–H and O–H groups in total. The van der Waals surface area contributed by atoms with Crippen molar-refractivity contribution in [2.75, 3.05) is 27.3 Å². The van der Waals surface area contributed by atoms with Crippen LogP contribution in [0.2, 0.25) is 0 Å². The lowest BCUT2D eigenvalue weighted by atomic mass is 10.2. The van der Waals surface area contributed by atoms with Gasteiger partial charge in [-0.3, -0.25) is 0 Å². The maximum Gasteiger partial charge on any atom is 0.402 e. The number of nitrogens with zero attached hydrogens (tertiary/aromatic N) is 1. The second kappa shape index (κ2) is 7.80. The summed E-state index contributed by atoms with van der Waals surface area (Å²) in [5, 5.41) is 9.11. The number of halogens is 6. The van der Waals surface area contributed by atoms with Gasteiger partial charge in [0.25, 0.3) is 0 Å². The predicted molar refractivity (Wildman–Crippen MR) is 77.4 cm³/mol. The van der Waals surface area contributed by atoms with Crippen LogP contribution in [0.5, 0.6) is 11.5 Å². The molecule has 0 aliphatic carbocycles. The Bertz CT molecular complexity index is 789. The van der Waals surface area contributed by atoms with E-state index in [1.807, 2.05) is 0 Å². The van der Waals surface area contributed by atoms with Crippen molar-refractivity contribution in [2.24, 2.45) is 0 Å². The molecule has 154 valence electrons. The fourth-order valence-electron chi connectivity index (χ4n) is 2.02. The minimum Gasteiger partial charge on any atom is -0.493 e. The summed E-state index contributed by atoms with van der Waals surface area (Å²) in [6.07, 6.45) is -10.5. The molecule has 0 radical (unpaired) electrons. The van der Waals surface area contributed by atoms with E-state index in [-0.39, 0.29) is 0 Å². The van der Waals surface area contributed by atoms with Gasteiger partial charge in [-0.05, 0) is 6.07 Å². The number of benzene rings is 1. The van der Waals surface area contributed by atoms with E-state index in [2.05, 4.69) is 0 Å². The third kappa shape index (κ3) is 5.89. The zero-order chi connectivity index (χ0) is 21.2. The predicted octanol–water partition coefficient (Wildman–Crippen LogP) is 2.52. The lowest BCUT2D eigenvalue weighted by molar-refractivity contribution is -0.165. The summed E-state index contributed by atoms with van der Waals surface area (Å²) in [4.78, 5) is 10.1. The molecule has 1 aromatic rings. The van der Waals surface area contributed by atoms with Crippen LogP contribution in [0.1, 0.15) is 10.4 Å². The molecule has 0 aliphatic heterocycles. The summed E-state index contributed by atoms with van der Waals surface area (Å²) >= 11 is 0. The molecule has 0 bridgehead atoms. The highest BCUT2D eigenvalue weighted by Gasteiger charge is 2.43. The number of aromatic carboxylic acids is 1. The van der Waals surface area contributed by atoms with E-state index in [4.69, 9.17) is 14.6 Å². The summed E-state index contributed by atoms with van der Waals surface area (Å²) in [6, 6.07) is 0.957. The number of carboxylic acids is 1. The Labute approximate surface area is 149 Å². The van der Waals surface area contributed by atoms with Gasteiger partial charge >= 0.3 is 18.3 Å². The van der Waals surface area contributed by atoms with Gasteiger partial charge in [0.15, 0.2) is 11.5 Å². The highest BCUT2D eigenvalue weighted by molar-refractivity contribution is 7.89. The largest absolute Gasteiger partial charge is 0.493 e. The Morgan fingerprint density at radius 1 is 1.04 bits per heavy atom. The SMILES string of the molecule is COc1cc(S(=O)(=O)N(CC(F)(F)F)CC(F)(F)F)cc(C(=O)O)c1OC. The van der Waals surface area contributed by atoms with E-state index in [9.17, 15) is 39.6 Å². The normalized spacial score (nSPS) is 12.9. The van der Waals surface area contributed by atoms with Gasteiger partial charge in [0.05, 0.1) is 19.1 Å². The van der Waals surface area contributed by atoms with Crippen molar-refractivity contribution >= 4 is 16.0 Å². The lowest BCUT2D eigenvalue weighted by Gasteiger charge is -2.25. The van der Waals surface area contributed by atoms with E-state index in [1.54, 1.807) is 0 Å². The van der Waals surface area contributed by atoms with Crippen molar-refractivity contribution in [3.8, 4) is 11.5 Å². The number of carbonyl (C=O) groups is 1. The van der Waals surface area contributed by atoms with Crippen molar-refractivity contribution in [3.63, 3.8) is 0 Å². The Morgan fingerprint density at radius 3 is 1.85 bits per heavy atom. The first kappa shape index (κ1) is 22.8. The summed E-state index contributed by atoms with van der Waals surface area (Å²) in [6.45, 7) is -4.85. The quantitative estimate of drug-likeness (QED) is 0.675. The van der Waals surface area contributed by atoms with Gasteiger partial charge in [-0.2, -0.15) is 30.6 Å². The van der Waals surface area contributed by atoms with E-state index in [1.165, 1.54) is 0 Å². The van der Waals surface area contributed by atoms with Crippen LogP contribution in [0.3, 0.4) is 0 Å². The first-order valence-electron chi connectivity index (χ1n) is 6.75. The van der Waals surface area contributed by atoms with Gasteiger partial charge in [-0.15, -0.1) is 0 Å². The minimum atomic E-state index is -5.39. The molecule has 0 atom stereocenters. The van der Waals surface area contributed by atoms with E-state index in [0.717, 1.165) is 14.2 Å². The summed E-state index contributed by atoms with van der Waals surface area (Å²) in [5.41, 5.74) is -0.825. The maximum atomic E-state index is 12.6. The van der Waals surface area contributed by atoms with Crippen molar-refractivity contribution < 1.29 is 54.1 Å². The molecular weight excluding hydrogens is 412 g/mol. The molecule has 0 amide bonds. The molecule has 1 aromatic carbocycles. The van der Waals surface area contributed by atoms with Gasteiger partial charge in [-0.25, -0.2) is 13.2 Å². The molecule has 27 heavy (non-hydrogen) atoms. The highest BCUT2D eigenvalue weighted by atomic mass is 32.2. The fraction of sp³-hybridized carbons (Fsp3) is 0.462. The van der Waals surface area contributed by atoms with Crippen LogP contribution in [-0.2, 0) is 10.0 Å². The molecule has 0 aliphatic rings. The van der Waals surface area contributed by atoms with Gasteiger partial charge in [-0.1, -0.05) is 0 Å². The number of methoxy groups -OCH3 is 2. The van der Waals surface area contributed by atoms with Crippen LogP contribution in [0.15, 0.2) is 17.0 Å². The number of alkyl halides is 6. The van der Waals surface area contributed by atoms with Gasteiger partial charge < -0.3 is 14.6 Å². The second-order valence-electron chi connectivity index (χ2n) is 5.01. The fourth-order valence-corrected chi connectivity index (χ4v) is 3.48. The Morgan fingerprint density at radius 2 is 1.52 bits per heavy atom. The average Bonchev–Trinajstić information content (AvgIpc) is 2.49. The van der Waals surface area contributed by atoms with Crippen LogP contribution < -0.4 is 9.47 Å². The first-order chi connectivity index (χ1) is 12.1. The molecule has 0 saturated carbocycles. The average molecular weight is 425 g/mol. The molecule has 0 spiro atoms. The Hall–Kier alpha value is -2.22. The molecule has 0 heterocycles. The standard InChI is InChI=1S/C13H13F6NO6S/c1-25-9-4-7(3-8(11(21)22)10(9)26-2)27(23,24)20(5-12(14,15)16)6-13(17,18)19/h3-4H,5-6H2,1-2H3,(H,21,22). The van der Waals surface area contributed by atoms with Crippen LogP contribution in [0, 0.1) is 0 Å². The van der Waals surface area contributed by atoms with Gasteiger partial charge in [0.2, 0.25) is 10.0 Å². The third-order valence-corrected chi connectivity index (χ3v) is 4.80. The number of hydrogen-bond acceptors (Lipinski definition) is 5. The molecule has 14 heteroatoms. The van der Waals surface area contributed by atoms with Crippen molar-refractivity contribution in [3.05, 3.63) is 17.7 Å². The first-order valence-corrected chi connectivity index (χ1v) is 8.19. The monoisotopic (exact) mass is 425 g/mol.